The molecule has 1 aromatic carbocycles. The first-order chi connectivity index (χ1) is 31.9. The normalized spacial score (nSPS) is 11.2. The predicted octanol–water partition coefficient (Wildman–Crippen LogP) is 13.2. The lowest BCUT2D eigenvalue weighted by atomic mass is 10.1. The molecule has 4 N–H and O–H groups in total. The standard InChI is InChI=1S/C46H64N10O6S2.CH2Cl2/c1-9-11-13-15-17-22-26-63-41-51-34(29-36(53-41)55-43(59)61-45(3,4)5)49-39(57)32-28-33(48-38(47-32)31-24-20-19-21-25-31)40(58)50-35-30-37(56-44(60)62-46(6,7)8)54-42(52-35)64-27-23-18-16-14-12-10-2;2-1-3/h19-21,24-25,28-30H,9-18,22-23,26-27H2,1-8H3,(H2,49,51,53,55,57,59)(H2,50,52,54,56,58,60);1H2. The van der Waals surface area contributed by atoms with Gasteiger partial charge >= 0.3 is 12.2 Å². The van der Waals surface area contributed by atoms with E-state index < -0.39 is 35.2 Å². The van der Waals surface area contributed by atoms with E-state index in [4.69, 9.17) is 32.7 Å². The van der Waals surface area contributed by atoms with E-state index in [1.807, 2.05) is 6.07 Å². The highest BCUT2D eigenvalue weighted by molar-refractivity contribution is 7.99. The monoisotopic (exact) mass is 1000 g/mol. The highest BCUT2D eigenvalue weighted by Crippen LogP contribution is 2.25. The Bertz CT molecular complexity index is 2050. The van der Waals surface area contributed by atoms with Gasteiger partial charge in [-0.05, 0) is 54.4 Å². The van der Waals surface area contributed by atoms with Crippen LogP contribution in [0.15, 0.2) is 58.8 Å². The fourth-order valence-electron chi connectivity index (χ4n) is 5.90. The minimum absolute atomic E-state index is 0.0966. The summed E-state index contributed by atoms with van der Waals surface area (Å²) in [6, 6.07) is 13.0. The second-order valence-electron chi connectivity index (χ2n) is 17.2. The summed E-state index contributed by atoms with van der Waals surface area (Å²) in [4.78, 5) is 80.8. The van der Waals surface area contributed by atoms with E-state index in [1.165, 1.54) is 80.2 Å². The van der Waals surface area contributed by atoms with E-state index in [0.29, 0.717) is 15.9 Å². The number of hydrogen-bond donors (Lipinski definition) is 4. The molecule has 0 unspecified atom stereocenters. The van der Waals surface area contributed by atoms with Crippen molar-refractivity contribution in [2.75, 3.05) is 38.1 Å². The molecule has 366 valence electrons. The number of alkyl halides is 2. The van der Waals surface area contributed by atoms with Crippen LogP contribution in [0.25, 0.3) is 11.4 Å². The molecule has 4 amide bonds. The molecule has 3 aromatic heterocycles. The van der Waals surface area contributed by atoms with Gasteiger partial charge in [-0.1, -0.05) is 132 Å². The molecular weight excluding hydrogens is 936 g/mol. The van der Waals surface area contributed by atoms with Crippen molar-refractivity contribution in [3.8, 4) is 11.4 Å². The molecule has 0 fully saturated rings. The molecule has 4 aromatic rings. The van der Waals surface area contributed by atoms with E-state index in [2.05, 4.69) is 65.0 Å². The van der Waals surface area contributed by atoms with Gasteiger partial charge in [0.15, 0.2) is 16.1 Å². The number of amides is 4. The van der Waals surface area contributed by atoms with Gasteiger partial charge in [-0.2, -0.15) is 0 Å². The maximum atomic E-state index is 14.1. The van der Waals surface area contributed by atoms with Gasteiger partial charge in [-0.3, -0.25) is 20.2 Å². The molecule has 0 saturated carbocycles. The van der Waals surface area contributed by atoms with Crippen LogP contribution in [-0.4, -0.2) is 82.0 Å². The molecule has 67 heavy (non-hydrogen) atoms. The van der Waals surface area contributed by atoms with Crippen molar-refractivity contribution >= 4 is 94.0 Å². The van der Waals surface area contributed by atoms with Crippen molar-refractivity contribution < 1.29 is 28.7 Å². The number of carbonyl (C=O) groups excluding carboxylic acids is 4. The number of aromatic nitrogens is 6. The number of nitrogens with one attached hydrogen (secondary N) is 4. The summed E-state index contributed by atoms with van der Waals surface area (Å²) in [6.07, 6.45) is 12.0. The Morgan fingerprint density at radius 3 is 1.25 bits per heavy atom. The maximum Gasteiger partial charge on any atom is 0.413 e. The third-order valence-corrected chi connectivity index (χ3v) is 10.7. The molecular formula is C47H66Cl2N10O6S2. The van der Waals surface area contributed by atoms with Gasteiger partial charge in [0.25, 0.3) is 11.8 Å². The highest BCUT2D eigenvalue weighted by Gasteiger charge is 2.22. The zero-order valence-corrected chi connectivity index (χ0v) is 43.1. The van der Waals surface area contributed by atoms with Crippen LogP contribution in [0.1, 0.15) is 153 Å². The van der Waals surface area contributed by atoms with E-state index in [0.717, 1.165) is 50.0 Å². The van der Waals surface area contributed by atoms with Crippen molar-refractivity contribution in [2.45, 2.75) is 154 Å². The second kappa shape index (κ2) is 29.9. The van der Waals surface area contributed by atoms with Crippen molar-refractivity contribution in [2.24, 2.45) is 0 Å². The van der Waals surface area contributed by atoms with Crippen molar-refractivity contribution in [3.05, 3.63) is 59.9 Å². The van der Waals surface area contributed by atoms with Gasteiger partial charge in [-0.25, -0.2) is 39.5 Å². The second-order valence-corrected chi connectivity index (χ2v) is 20.1. The Morgan fingerprint density at radius 1 is 0.522 bits per heavy atom. The lowest BCUT2D eigenvalue weighted by Gasteiger charge is -2.19. The van der Waals surface area contributed by atoms with Gasteiger partial charge in [-0.15, -0.1) is 23.2 Å². The van der Waals surface area contributed by atoms with Crippen molar-refractivity contribution in [1.29, 1.82) is 0 Å². The Morgan fingerprint density at radius 2 is 0.881 bits per heavy atom. The van der Waals surface area contributed by atoms with Crippen LogP contribution in [0.5, 0.6) is 0 Å². The van der Waals surface area contributed by atoms with Gasteiger partial charge in [0, 0.05) is 35.3 Å². The van der Waals surface area contributed by atoms with Gasteiger partial charge in [0.1, 0.15) is 45.9 Å². The van der Waals surface area contributed by atoms with Crippen LogP contribution in [0.2, 0.25) is 0 Å². The third kappa shape index (κ3) is 23.7. The van der Waals surface area contributed by atoms with Crippen LogP contribution in [-0.2, 0) is 9.47 Å². The van der Waals surface area contributed by atoms with Crippen molar-refractivity contribution in [3.63, 3.8) is 0 Å². The molecule has 0 saturated heterocycles. The van der Waals surface area contributed by atoms with Gasteiger partial charge in [0.2, 0.25) is 0 Å². The zero-order valence-electron chi connectivity index (χ0n) is 39.9. The molecule has 0 radical (unpaired) electrons. The van der Waals surface area contributed by atoms with E-state index in [1.54, 1.807) is 65.8 Å². The fraction of sp³-hybridized carbons (Fsp3) is 0.532. The average Bonchev–Trinajstić information content (AvgIpc) is 3.24. The number of benzene rings is 1. The SMILES string of the molecule is CCCCCCCCSc1nc(NC(=O)OC(C)(C)C)cc(NC(=O)c2cc(C(=O)Nc3cc(NC(=O)OC(C)(C)C)nc(SCCCCCCCC)n3)nc(-c3ccccc3)n2)n1.ClCCl. The Hall–Kier alpha value is -4.78. The summed E-state index contributed by atoms with van der Waals surface area (Å²) in [5.41, 5.74) is -1.21. The summed E-state index contributed by atoms with van der Waals surface area (Å²) in [5.74, 6) is 0.672. The molecule has 4 rings (SSSR count). The number of ether oxygens (including phenoxy) is 2. The average molecular weight is 1000 g/mol. The van der Waals surface area contributed by atoms with Crippen LogP contribution >= 0.6 is 46.7 Å². The molecule has 0 aliphatic rings. The molecule has 0 bridgehead atoms. The molecule has 0 atom stereocenters. The minimum Gasteiger partial charge on any atom is -0.444 e. The minimum atomic E-state index is -0.752. The number of hydrogen-bond acceptors (Lipinski definition) is 14. The summed E-state index contributed by atoms with van der Waals surface area (Å²) in [6.45, 7) is 14.9. The summed E-state index contributed by atoms with van der Waals surface area (Å²) in [7, 11) is 0. The van der Waals surface area contributed by atoms with Crippen LogP contribution < -0.4 is 21.3 Å². The Labute approximate surface area is 413 Å². The highest BCUT2D eigenvalue weighted by atomic mass is 35.5. The number of anilines is 4. The number of thioether (sulfide) groups is 2. The summed E-state index contributed by atoms with van der Waals surface area (Å²) in [5, 5.41) is 11.7. The summed E-state index contributed by atoms with van der Waals surface area (Å²) >= 11 is 12.4. The third-order valence-electron chi connectivity index (χ3n) is 8.83. The lowest BCUT2D eigenvalue weighted by Crippen LogP contribution is -2.27. The number of nitrogens with zero attached hydrogens (tertiary/aromatic N) is 6. The molecule has 0 spiro atoms. The van der Waals surface area contributed by atoms with Crippen molar-refractivity contribution in [1.82, 2.24) is 29.9 Å². The van der Waals surface area contributed by atoms with E-state index in [9.17, 15) is 19.2 Å². The summed E-state index contributed by atoms with van der Waals surface area (Å²) < 4.78 is 10.9. The molecule has 20 heteroatoms. The van der Waals surface area contributed by atoms with Crippen LogP contribution in [0, 0.1) is 0 Å². The maximum absolute atomic E-state index is 14.1. The number of carbonyl (C=O) groups is 4. The predicted molar refractivity (Wildman–Crippen MR) is 272 cm³/mol. The fourth-order valence-corrected chi connectivity index (χ4v) is 7.61. The number of unbranched alkanes of at least 4 members (excludes halogenated alkanes) is 10. The zero-order chi connectivity index (χ0) is 49.2. The van der Waals surface area contributed by atoms with Crippen LogP contribution in [0.3, 0.4) is 0 Å². The number of rotatable bonds is 23. The van der Waals surface area contributed by atoms with Gasteiger partial charge in [0.05, 0.1) is 5.34 Å². The molecule has 3 heterocycles. The molecule has 0 aliphatic heterocycles. The molecule has 16 nitrogen and oxygen atoms in total. The first-order valence-corrected chi connectivity index (χ1v) is 25.7. The quantitative estimate of drug-likeness (QED) is 0.0236. The lowest BCUT2D eigenvalue weighted by molar-refractivity contribution is 0.0623. The van der Waals surface area contributed by atoms with Gasteiger partial charge < -0.3 is 20.1 Å². The van der Waals surface area contributed by atoms with E-state index in [-0.39, 0.29) is 45.8 Å². The first-order valence-electron chi connectivity index (χ1n) is 22.6. The van der Waals surface area contributed by atoms with E-state index >= 15 is 0 Å². The largest absolute Gasteiger partial charge is 0.444 e. The number of halogens is 2. The topological polar surface area (TPSA) is 212 Å². The Kier molecular flexibility index (Phi) is 25.2. The van der Waals surface area contributed by atoms with Crippen LogP contribution in [0.4, 0.5) is 32.9 Å². The smallest absolute Gasteiger partial charge is 0.413 e. The molecule has 0 aliphatic carbocycles. The Balaban J connectivity index is 0.00000386. The first kappa shape index (κ1) is 56.5.